The van der Waals surface area contributed by atoms with E-state index in [1.54, 1.807) is 0 Å². The van der Waals surface area contributed by atoms with Crippen LogP contribution in [0.5, 0.6) is 0 Å². The van der Waals surface area contributed by atoms with E-state index in [-0.39, 0.29) is 0 Å². The van der Waals surface area contributed by atoms with Gasteiger partial charge in [0.1, 0.15) is 0 Å². The van der Waals surface area contributed by atoms with E-state index in [1.165, 1.54) is 75.5 Å². The first kappa shape index (κ1) is 33.2. The Kier molecular flexibility index (Phi) is 7.87. The van der Waals surface area contributed by atoms with Gasteiger partial charge in [0, 0.05) is 32.9 Å². The lowest BCUT2D eigenvalue weighted by Gasteiger charge is -2.34. The predicted molar refractivity (Wildman–Crippen MR) is 244 cm³/mol. The van der Waals surface area contributed by atoms with Crippen molar-refractivity contribution in [2.24, 2.45) is 0 Å². The minimum Gasteiger partial charge on any atom is -0.309 e. The maximum Gasteiger partial charge on any atom is 0.179 e. The minimum absolute atomic E-state index is 1.15. The first-order chi connectivity index (χ1) is 28.3. The first-order valence-corrected chi connectivity index (χ1v) is 21.7. The molecule has 0 aliphatic carbocycles. The van der Waals surface area contributed by atoms with Crippen LogP contribution in [0.2, 0.25) is 0 Å². The summed E-state index contributed by atoms with van der Waals surface area (Å²) < 4.78 is 4.90. The SMILES string of the molecule is c1ccc(-c2ccc3c(c2)c2ccccc2n3-c2ccc3c(c2)c2ccccc2n3-c2cccc([Si](c3ccccc3)(c3ccccc3)c3ccccc3)c2)cc1. The Morgan fingerprint density at radius 2 is 0.667 bits per heavy atom. The van der Waals surface area contributed by atoms with Gasteiger partial charge in [-0.05, 0) is 86.5 Å². The average Bonchev–Trinajstić information content (AvgIpc) is 3.80. The van der Waals surface area contributed by atoms with Gasteiger partial charge in [-0.3, -0.25) is 0 Å². The number of fused-ring (bicyclic) bond motifs is 6. The lowest BCUT2D eigenvalue weighted by molar-refractivity contribution is 1.17. The van der Waals surface area contributed by atoms with Crippen molar-refractivity contribution in [2.75, 3.05) is 0 Å². The van der Waals surface area contributed by atoms with Gasteiger partial charge in [-0.25, -0.2) is 0 Å². The highest BCUT2D eigenvalue weighted by Gasteiger charge is 2.41. The molecule has 0 spiro atoms. The minimum atomic E-state index is -2.72. The first-order valence-electron chi connectivity index (χ1n) is 19.7. The van der Waals surface area contributed by atoms with Crippen molar-refractivity contribution in [3.05, 3.63) is 231 Å². The van der Waals surface area contributed by atoms with E-state index in [9.17, 15) is 0 Å². The summed E-state index contributed by atoms with van der Waals surface area (Å²) in [4.78, 5) is 0. The number of benzene rings is 9. The molecule has 0 atom stereocenters. The Bertz CT molecular complexity index is 3120. The van der Waals surface area contributed by atoms with Gasteiger partial charge in [0.05, 0.1) is 22.1 Å². The van der Waals surface area contributed by atoms with E-state index in [2.05, 4.69) is 240 Å². The molecule has 0 unspecified atom stereocenters. The highest BCUT2D eigenvalue weighted by Crippen LogP contribution is 2.38. The second-order valence-electron chi connectivity index (χ2n) is 14.9. The van der Waals surface area contributed by atoms with Crippen molar-refractivity contribution < 1.29 is 0 Å². The molecule has 2 nitrogen and oxygen atoms in total. The number of hydrogen-bond donors (Lipinski definition) is 0. The fourth-order valence-corrected chi connectivity index (χ4v) is 14.2. The molecule has 2 heterocycles. The molecule has 3 heteroatoms. The lowest BCUT2D eigenvalue weighted by Crippen LogP contribution is -2.74. The molecule has 0 saturated heterocycles. The number of hydrogen-bond acceptors (Lipinski definition) is 0. The molecule has 0 radical (unpaired) electrons. The van der Waals surface area contributed by atoms with Crippen LogP contribution in [0.3, 0.4) is 0 Å². The summed E-state index contributed by atoms with van der Waals surface area (Å²) in [5, 5.41) is 10.5. The van der Waals surface area contributed by atoms with Gasteiger partial charge >= 0.3 is 0 Å². The zero-order valence-electron chi connectivity index (χ0n) is 31.3. The van der Waals surface area contributed by atoms with Gasteiger partial charge in [-0.1, -0.05) is 176 Å². The van der Waals surface area contributed by atoms with Gasteiger partial charge < -0.3 is 9.13 Å². The Labute approximate surface area is 333 Å². The normalized spacial score (nSPS) is 11.9. The Morgan fingerprint density at radius 3 is 1.23 bits per heavy atom. The zero-order chi connectivity index (χ0) is 37.8. The van der Waals surface area contributed by atoms with Crippen molar-refractivity contribution >= 4 is 72.4 Å². The molecule has 0 bridgehead atoms. The molecule has 0 fully saturated rings. The van der Waals surface area contributed by atoms with Gasteiger partial charge in [0.25, 0.3) is 0 Å². The highest BCUT2D eigenvalue weighted by molar-refractivity contribution is 7.19. The Morgan fingerprint density at radius 1 is 0.246 bits per heavy atom. The molecule has 0 aliphatic rings. The van der Waals surface area contributed by atoms with Crippen molar-refractivity contribution in [3.8, 4) is 22.5 Å². The van der Waals surface area contributed by atoms with Crippen LogP contribution in [0, 0.1) is 0 Å². The summed E-state index contributed by atoms with van der Waals surface area (Å²) >= 11 is 0. The van der Waals surface area contributed by atoms with Crippen LogP contribution in [0.4, 0.5) is 0 Å². The van der Waals surface area contributed by atoms with Gasteiger partial charge in [-0.2, -0.15) is 0 Å². The quantitative estimate of drug-likeness (QED) is 0.114. The fourth-order valence-electron chi connectivity index (χ4n) is 9.38. The van der Waals surface area contributed by atoms with Crippen molar-refractivity contribution in [2.45, 2.75) is 0 Å². The number of rotatable bonds is 7. The molecule has 0 amide bonds. The van der Waals surface area contributed by atoms with E-state index >= 15 is 0 Å². The number of para-hydroxylation sites is 2. The van der Waals surface area contributed by atoms with E-state index in [4.69, 9.17) is 0 Å². The van der Waals surface area contributed by atoms with Crippen LogP contribution in [-0.4, -0.2) is 17.2 Å². The fraction of sp³-hybridized carbons (Fsp3) is 0. The molecule has 11 aromatic rings. The number of aromatic nitrogens is 2. The van der Waals surface area contributed by atoms with Crippen LogP contribution in [0.25, 0.3) is 66.1 Å². The van der Waals surface area contributed by atoms with Crippen molar-refractivity contribution in [1.29, 1.82) is 0 Å². The van der Waals surface area contributed by atoms with Crippen molar-refractivity contribution in [1.82, 2.24) is 9.13 Å². The van der Waals surface area contributed by atoms with Crippen LogP contribution < -0.4 is 20.7 Å². The van der Waals surface area contributed by atoms with Crippen LogP contribution in [-0.2, 0) is 0 Å². The molecular formula is C54H38N2Si. The van der Waals surface area contributed by atoms with E-state index in [1.807, 2.05) is 0 Å². The Hall–Kier alpha value is -7.20. The average molecular weight is 743 g/mol. The number of nitrogens with zero attached hydrogens (tertiary/aromatic N) is 2. The maximum absolute atomic E-state index is 2.72. The third kappa shape index (κ3) is 5.24. The molecular weight excluding hydrogens is 705 g/mol. The molecule has 11 rings (SSSR count). The lowest BCUT2D eigenvalue weighted by atomic mass is 10.0. The molecule has 0 saturated carbocycles. The third-order valence-corrected chi connectivity index (χ3v) is 16.6. The molecule has 0 aliphatic heterocycles. The molecule has 57 heavy (non-hydrogen) atoms. The standard InChI is InChI=1S/C54H38N2Si/c1-5-18-39(19-6-1)40-32-34-53-49(36-40)47-28-13-15-30-51(47)56(53)42-33-35-54-50(38-42)48-29-14-16-31-52(48)55(54)41-20-17-27-46(37-41)57(43-21-7-2-8-22-43,44-23-9-3-10-24-44)45-25-11-4-12-26-45/h1-38H. The topological polar surface area (TPSA) is 9.86 Å². The summed E-state index contributed by atoms with van der Waals surface area (Å²) in [7, 11) is -2.72. The molecule has 268 valence electrons. The summed E-state index contributed by atoms with van der Waals surface area (Å²) in [5.41, 5.74) is 9.57. The second-order valence-corrected chi connectivity index (χ2v) is 18.7. The smallest absolute Gasteiger partial charge is 0.179 e. The zero-order valence-corrected chi connectivity index (χ0v) is 32.3. The van der Waals surface area contributed by atoms with Gasteiger partial charge in [0.2, 0.25) is 0 Å². The molecule has 2 aromatic heterocycles. The summed E-state index contributed by atoms with van der Waals surface area (Å²) in [6.45, 7) is 0. The Balaban J connectivity index is 1.13. The largest absolute Gasteiger partial charge is 0.309 e. The molecule has 0 N–H and O–H groups in total. The van der Waals surface area contributed by atoms with Crippen LogP contribution in [0.15, 0.2) is 231 Å². The van der Waals surface area contributed by atoms with Crippen LogP contribution >= 0.6 is 0 Å². The highest BCUT2D eigenvalue weighted by atomic mass is 28.3. The maximum atomic E-state index is 2.47. The summed E-state index contributed by atoms with van der Waals surface area (Å²) in [6, 6.07) is 85.2. The van der Waals surface area contributed by atoms with Gasteiger partial charge in [0.15, 0.2) is 8.07 Å². The predicted octanol–water partition coefficient (Wildman–Crippen LogP) is 10.9. The third-order valence-electron chi connectivity index (χ3n) is 11.9. The van der Waals surface area contributed by atoms with E-state index < -0.39 is 8.07 Å². The summed E-state index contributed by atoms with van der Waals surface area (Å²) in [5.74, 6) is 0. The second kappa shape index (κ2) is 13.5. The summed E-state index contributed by atoms with van der Waals surface area (Å²) in [6.07, 6.45) is 0. The van der Waals surface area contributed by atoms with Gasteiger partial charge in [-0.15, -0.1) is 0 Å². The van der Waals surface area contributed by atoms with Crippen molar-refractivity contribution in [3.63, 3.8) is 0 Å². The van der Waals surface area contributed by atoms with E-state index in [0.717, 1.165) is 11.4 Å². The van der Waals surface area contributed by atoms with E-state index in [0.29, 0.717) is 0 Å². The molecule has 9 aromatic carbocycles. The van der Waals surface area contributed by atoms with Crippen LogP contribution in [0.1, 0.15) is 0 Å². The monoisotopic (exact) mass is 742 g/mol.